The molecular weight excluding hydrogens is 134 g/mol. The first-order chi connectivity index (χ1) is 4.20. The molecular formula is C5H9N3S. The van der Waals surface area contributed by atoms with Crippen LogP contribution in [0.4, 0.5) is 0 Å². The van der Waals surface area contributed by atoms with Crippen LogP contribution >= 0.6 is 11.3 Å². The van der Waals surface area contributed by atoms with Gasteiger partial charge in [-0.2, -0.15) is 0 Å². The summed E-state index contributed by atoms with van der Waals surface area (Å²) in [6.07, 6.45) is 0. The predicted molar refractivity (Wildman–Crippen MR) is 37.2 cm³/mol. The van der Waals surface area contributed by atoms with Gasteiger partial charge in [-0.25, -0.2) is 0 Å². The second-order valence-electron chi connectivity index (χ2n) is 1.95. The monoisotopic (exact) mass is 143 g/mol. The summed E-state index contributed by atoms with van der Waals surface area (Å²) in [4.78, 5) is 0. The van der Waals surface area contributed by atoms with E-state index in [1.807, 2.05) is 13.8 Å². The highest BCUT2D eigenvalue weighted by molar-refractivity contribution is 7.11. The largest absolute Gasteiger partial charge is 0.322 e. The fraction of sp³-hybridized carbons (Fsp3) is 0.600. The Morgan fingerprint density at radius 2 is 2.22 bits per heavy atom. The van der Waals surface area contributed by atoms with Crippen molar-refractivity contribution in [3.8, 4) is 0 Å². The summed E-state index contributed by atoms with van der Waals surface area (Å²) in [6.45, 7) is 3.82. The number of aryl methyl sites for hydroxylation is 1. The van der Waals surface area contributed by atoms with E-state index in [-0.39, 0.29) is 6.04 Å². The highest BCUT2D eigenvalue weighted by Crippen LogP contribution is 2.13. The maximum Gasteiger partial charge on any atom is 0.133 e. The standard InChI is InChI=1S/C5H9N3S/c1-3(6)5-8-7-4(2)9-5/h3H,6H2,1-2H3/t3-/m1/s1. The molecule has 0 amide bonds. The first-order valence-corrected chi connectivity index (χ1v) is 3.57. The summed E-state index contributed by atoms with van der Waals surface area (Å²) in [7, 11) is 0. The van der Waals surface area contributed by atoms with Crippen LogP contribution in [-0.4, -0.2) is 10.2 Å². The molecule has 9 heavy (non-hydrogen) atoms. The van der Waals surface area contributed by atoms with Gasteiger partial charge >= 0.3 is 0 Å². The summed E-state index contributed by atoms with van der Waals surface area (Å²) < 4.78 is 0. The van der Waals surface area contributed by atoms with Gasteiger partial charge in [0.15, 0.2) is 0 Å². The maximum atomic E-state index is 5.53. The molecule has 3 nitrogen and oxygen atoms in total. The molecule has 0 aliphatic carbocycles. The van der Waals surface area contributed by atoms with E-state index in [9.17, 15) is 0 Å². The molecule has 0 spiro atoms. The number of nitrogens with two attached hydrogens (primary N) is 1. The third-order valence-corrected chi connectivity index (χ3v) is 1.97. The van der Waals surface area contributed by atoms with Crippen LogP contribution in [0.15, 0.2) is 0 Å². The van der Waals surface area contributed by atoms with Crippen molar-refractivity contribution >= 4 is 11.3 Å². The number of nitrogens with zero attached hydrogens (tertiary/aromatic N) is 2. The second kappa shape index (κ2) is 2.41. The molecule has 0 unspecified atom stereocenters. The number of aromatic nitrogens is 2. The lowest BCUT2D eigenvalue weighted by atomic mass is 10.4. The summed E-state index contributed by atoms with van der Waals surface area (Å²) in [5, 5.41) is 9.57. The molecule has 1 atom stereocenters. The van der Waals surface area contributed by atoms with E-state index in [2.05, 4.69) is 10.2 Å². The van der Waals surface area contributed by atoms with Gasteiger partial charge in [0, 0.05) is 0 Å². The van der Waals surface area contributed by atoms with E-state index in [4.69, 9.17) is 5.73 Å². The van der Waals surface area contributed by atoms with Gasteiger partial charge in [-0.15, -0.1) is 21.5 Å². The molecule has 0 aromatic carbocycles. The van der Waals surface area contributed by atoms with Crippen LogP contribution < -0.4 is 5.73 Å². The van der Waals surface area contributed by atoms with Crippen LogP contribution in [0.25, 0.3) is 0 Å². The average molecular weight is 143 g/mol. The van der Waals surface area contributed by atoms with E-state index < -0.39 is 0 Å². The third-order valence-electron chi connectivity index (χ3n) is 0.931. The smallest absolute Gasteiger partial charge is 0.133 e. The zero-order valence-electron chi connectivity index (χ0n) is 5.46. The SMILES string of the molecule is Cc1nnc([C@@H](C)N)s1. The van der Waals surface area contributed by atoms with E-state index in [0.29, 0.717) is 0 Å². The lowest BCUT2D eigenvalue weighted by Crippen LogP contribution is -2.03. The Morgan fingerprint density at radius 1 is 1.56 bits per heavy atom. The maximum absolute atomic E-state index is 5.53. The molecule has 0 aliphatic heterocycles. The van der Waals surface area contributed by atoms with Gasteiger partial charge in [0.1, 0.15) is 10.0 Å². The van der Waals surface area contributed by atoms with Crippen molar-refractivity contribution in [3.05, 3.63) is 10.0 Å². The van der Waals surface area contributed by atoms with Crippen LogP contribution in [-0.2, 0) is 0 Å². The molecule has 0 saturated carbocycles. The van der Waals surface area contributed by atoms with Crippen molar-refractivity contribution in [1.82, 2.24) is 10.2 Å². The number of hydrogen-bond donors (Lipinski definition) is 1. The molecule has 4 heteroatoms. The Labute approximate surface area is 57.9 Å². The minimum absolute atomic E-state index is 0.0243. The quantitative estimate of drug-likeness (QED) is 0.634. The minimum Gasteiger partial charge on any atom is -0.322 e. The Morgan fingerprint density at radius 3 is 2.44 bits per heavy atom. The van der Waals surface area contributed by atoms with Crippen molar-refractivity contribution in [2.24, 2.45) is 5.73 Å². The lowest BCUT2D eigenvalue weighted by Gasteiger charge is -1.93. The van der Waals surface area contributed by atoms with Gasteiger partial charge in [0.05, 0.1) is 6.04 Å². The highest BCUT2D eigenvalue weighted by atomic mass is 32.1. The molecule has 1 heterocycles. The lowest BCUT2D eigenvalue weighted by molar-refractivity contribution is 0.784. The summed E-state index contributed by atoms with van der Waals surface area (Å²) in [5.41, 5.74) is 5.53. The van der Waals surface area contributed by atoms with Crippen LogP contribution in [0.5, 0.6) is 0 Å². The molecule has 1 rings (SSSR count). The van der Waals surface area contributed by atoms with E-state index in [0.717, 1.165) is 10.0 Å². The Balaban J connectivity index is 2.85. The summed E-state index contributed by atoms with van der Waals surface area (Å²) in [5.74, 6) is 0. The van der Waals surface area contributed by atoms with E-state index >= 15 is 0 Å². The molecule has 1 aromatic rings. The topological polar surface area (TPSA) is 51.8 Å². The van der Waals surface area contributed by atoms with Gasteiger partial charge in [0.2, 0.25) is 0 Å². The zero-order chi connectivity index (χ0) is 6.85. The third kappa shape index (κ3) is 1.46. The van der Waals surface area contributed by atoms with E-state index in [1.54, 1.807) is 11.3 Å². The first kappa shape index (κ1) is 6.64. The summed E-state index contributed by atoms with van der Waals surface area (Å²) in [6, 6.07) is 0.0243. The first-order valence-electron chi connectivity index (χ1n) is 2.75. The predicted octanol–water partition coefficient (Wildman–Crippen LogP) is 0.866. The van der Waals surface area contributed by atoms with Crippen LogP contribution in [0, 0.1) is 6.92 Å². The fourth-order valence-corrected chi connectivity index (χ4v) is 1.15. The fourth-order valence-electron chi connectivity index (χ4n) is 0.496. The molecule has 1 aromatic heterocycles. The van der Waals surface area contributed by atoms with Gasteiger partial charge in [-0.05, 0) is 13.8 Å². The molecule has 2 N–H and O–H groups in total. The summed E-state index contributed by atoms with van der Waals surface area (Å²) >= 11 is 1.55. The van der Waals surface area contributed by atoms with Crippen molar-refractivity contribution in [3.63, 3.8) is 0 Å². The van der Waals surface area contributed by atoms with Crippen LogP contribution in [0.2, 0.25) is 0 Å². The van der Waals surface area contributed by atoms with E-state index in [1.165, 1.54) is 0 Å². The minimum atomic E-state index is 0.0243. The molecule has 0 bridgehead atoms. The Hall–Kier alpha value is -0.480. The Bertz CT molecular complexity index is 194. The molecule has 50 valence electrons. The van der Waals surface area contributed by atoms with Gasteiger partial charge in [-0.3, -0.25) is 0 Å². The zero-order valence-corrected chi connectivity index (χ0v) is 6.27. The van der Waals surface area contributed by atoms with Crippen molar-refractivity contribution in [1.29, 1.82) is 0 Å². The Kier molecular flexibility index (Phi) is 1.78. The molecule has 0 radical (unpaired) electrons. The van der Waals surface area contributed by atoms with Gasteiger partial charge in [-0.1, -0.05) is 0 Å². The molecule has 0 aliphatic rings. The van der Waals surface area contributed by atoms with Crippen molar-refractivity contribution < 1.29 is 0 Å². The van der Waals surface area contributed by atoms with Crippen LogP contribution in [0.3, 0.4) is 0 Å². The van der Waals surface area contributed by atoms with Crippen LogP contribution in [0.1, 0.15) is 23.0 Å². The molecule has 0 saturated heterocycles. The van der Waals surface area contributed by atoms with Gasteiger partial charge in [0.25, 0.3) is 0 Å². The number of rotatable bonds is 1. The number of hydrogen-bond acceptors (Lipinski definition) is 4. The van der Waals surface area contributed by atoms with Crippen molar-refractivity contribution in [2.75, 3.05) is 0 Å². The van der Waals surface area contributed by atoms with Gasteiger partial charge < -0.3 is 5.73 Å². The highest BCUT2D eigenvalue weighted by Gasteiger charge is 2.03. The molecule has 0 fully saturated rings. The normalized spacial score (nSPS) is 13.7. The average Bonchev–Trinajstić information content (AvgIpc) is 2.14. The second-order valence-corrected chi connectivity index (χ2v) is 3.16. The van der Waals surface area contributed by atoms with Crippen molar-refractivity contribution in [2.45, 2.75) is 19.9 Å².